The van der Waals surface area contributed by atoms with Gasteiger partial charge in [-0.1, -0.05) is 42.2 Å². The maximum Gasteiger partial charge on any atom is 0.263 e. The first-order valence-corrected chi connectivity index (χ1v) is 8.95. The molecule has 2 aromatic heterocycles. The second-order valence-corrected chi connectivity index (χ2v) is 7.36. The summed E-state index contributed by atoms with van der Waals surface area (Å²) in [7, 11) is 0. The van der Waals surface area contributed by atoms with Gasteiger partial charge in [0.05, 0.1) is 17.4 Å². The first kappa shape index (κ1) is 16.5. The molecular weight excluding hydrogens is 366 g/mol. The lowest BCUT2D eigenvalue weighted by Crippen LogP contribution is -2.17. The van der Waals surface area contributed by atoms with E-state index in [1.807, 2.05) is 30.3 Å². The third kappa shape index (κ3) is 3.12. The van der Waals surface area contributed by atoms with Crippen molar-refractivity contribution >= 4 is 51.3 Å². The molecule has 0 bridgehead atoms. The number of thiocarbonyl (C=S) groups is 1. The van der Waals surface area contributed by atoms with Crippen LogP contribution in [0.25, 0.3) is 28.2 Å². The minimum Gasteiger partial charge on any atom is -0.456 e. The van der Waals surface area contributed by atoms with E-state index < -0.39 is 0 Å². The quantitative estimate of drug-likeness (QED) is 0.548. The number of furan rings is 1. The van der Waals surface area contributed by atoms with Crippen molar-refractivity contribution in [3.05, 3.63) is 59.0 Å². The fraction of sp³-hybridized carbons (Fsp3) is 0.0526. The van der Waals surface area contributed by atoms with E-state index in [2.05, 4.69) is 16.4 Å². The zero-order valence-corrected chi connectivity index (χ0v) is 15.0. The van der Waals surface area contributed by atoms with Crippen molar-refractivity contribution in [1.82, 2.24) is 10.3 Å². The van der Waals surface area contributed by atoms with Crippen molar-refractivity contribution in [1.29, 1.82) is 5.26 Å². The number of thioether (sulfide) groups is 1. The second-order valence-electron chi connectivity index (χ2n) is 5.64. The average Bonchev–Trinajstić information content (AvgIpc) is 3.17. The minimum atomic E-state index is -0.219. The molecular formula is C19H11N3O2S2. The molecule has 7 heteroatoms. The van der Waals surface area contributed by atoms with E-state index in [0.29, 0.717) is 27.0 Å². The molecule has 1 fully saturated rings. The van der Waals surface area contributed by atoms with Gasteiger partial charge in [0, 0.05) is 29.4 Å². The van der Waals surface area contributed by atoms with Gasteiger partial charge in [0.2, 0.25) is 0 Å². The first-order chi connectivity index (χ1) is 12.6. The summed E-state index contributed by atoms with van der Waals surface area (Å²) in [4.78, 5) is 16.6. The Morgan fingerprint density at radius 1 is 1.35 bits per heavy atom. The number of carbonyl (C=O) groups is 1. The van der Waals surface area contributed by atoms with Gasteiger partial charge in [-0.3, -0.25) is 9.78 Å². The number of nitrogens with zero attached hydrogens (tertiary/aromatic N) is 2. The first-order valence-electron chi connectivity index (χ1n) is 7.73. The SMILES string of the molecule is N#CCc1cccc(-c2cncc3cc(/C=C4\SC(=S)NC4=O)oc23)c1. The highest BCUT2D eigenvalue weighted by atomic mass is 32.2. The molecule has 1 aromatic carbocycles. The number of nitrogens with one attached hydrogen (secondary N) is 1. The number of fused-ring (bicyclic) bond motifs is 1. The van der Waals surface area contributed by atoms with E-state index in [9.17, 15) is 4.79 Å². The Labute approximate surface area is 158 Å². The van der Waals surface area contributed by atoms with Gasteiger partial charge in [0.15, 0.2) is 0 Å². The Morgan fingerprint density at radius 3 is 3.00 bits per heavy atom. The van der Waals surface area contributed by atoms with Crippen LogP contribution >= 0.6 is 24.0 Å². The Balaban J connectivity index is 1.78. The van der Waals surface area contributed by atoms with Gasteiger partial charge in [-0.25, -0.2) is 0 Å². The fourth-order valence-electron chi connectivity index (χ4n) is 2.75. The summed E-state index contributed by atoms with van der Waals surface area (Å²) in [6.45, 7) is 0. The summed E-state index contributed by atoms with van der Waals surface area (Å²) in [5, 5.41) is 12.3. The van der Waals surface area contributed by atoms with Gasteiger partial charge < -0.3 is 9.73 Å². The van der Waals surface area contributed by atoms with Crippen LogP contribution in [0.1, 0.15) is 11.3 Å². The number of benzene rings is 1. The monoisotopic (exact) mass is 377 g/mol. The Kier molecular flexibility index (Phi) is 4.29. The molecule has 126 valence electrons. The van der Waals surface area contributed by atoms with Crippen LogP contribution in [0.3, 0.4) is 0 Å². The summed E-state index contributed by atoms with van der Waals surface area (Å²) < 4.78 is 6.42. The number of hydrogen-bond donors (Lipinski definition) is 1. The average molecular weight is 377 g/mol. The molecule has 0 spiro atoms. The molecule has 1 amide bonds. The molecule has 3 heterocycles. The summed E-state index contributed by atoms with van der Waals surface area (Å²) in [5.74, 6) is 0.341. The third-order valence-corrected chi connectivity index (χ3v) is 5.04. The van der Waals surface area contributed by atoms with Crippen LogP contribution in [0.5, 0.6) is 0 Å². The molecule has 0 unspecified atom stereocenters. The maximum atomic E-state index is 11.8. The standard InChI is InChI=1S/C19H11N3O2S2/c20-5-4-11-2-1-3-12(6-11)15-10-21-9-13-7-14(24-17(13)15)8-16-18(23)22-19(25)26-16/h1-3,6-10H,4H2,(H,22,23,25)/b16-8-. The summed E-state index contributed by atoms with van der Waals surface area (Å²) >= 11 is 6.21. The van der Waals surface area contributed by atoms with Crippen LogP contribution in [0.4, 0.5) is 0 Å². The van der Waals surface area contributed by atoms with Crippen LogP contribution in [0.2, 0.25) is 0 Å². The number of aromatic nitrogens is 1. The summed E-state index contributed by atoms with van der Waals surface area (Å²) in [5.41, 5.74) is 3.39. The van der Waals surface area contributed by atoms with Crippen LogP contribution in [0.15, 0.2) is 52.0 Å². The molecule has 4 rings (SSSR count). The van der Waals surface area contributed by atoms with E-state index in [4.69, 9.17) is 21.9 Å². The van der Waals surface area contributed by atoms with Crippen molar-refractivity contribution in [2.45, 2.75) is 6.42 Å². The van der Waals surface area contributed by atoms with Crippen molar-refractivity contribution in [2.24, 2.45) is 0 Å². The van der Waals surface area contributed by atoms with Crippen LogP contribution in [-0.4, -0.2) is 15.2 Å². The minimum absolute atomic E-state index is 0.219. The highest BCUT2D eigenvalue weighted by Gasteiger charge is 2.22. The normalized spacial score (nSPS) is 15.4. The predicted molar refractivity (Wildman–Crippen MR) is 105 cm³/mol. The lowest BCUT2D eigenvalue weighted by molar-refractivity contribution is -0.115. The van der Waals surface area contributed by atoms with Crippen molar-refractivity contribution in [3.63, 3.8) is 0 Å². The molecule has 1 aliphatic heterocycles. The van der Waals surface area contributed by atoms with Gasteiger partial charge in [0.1, 0.15) is 15.7 Å². The number of hydrogen-bond acceptors (Lipinski definition) is 6. The van der Waals surface area contributed by atoms with Gasteiger partial charge in [-0.15, -0.1) is 0 Å². The molecule has 26 heavy (non-hydrogen) atoms. The predicted octanol–water partition coefficient (Wildman–Crippen LogP) is 4.05. The van der Waals surface area contributed by atoms with E-state index in [1.165, 1.54) is 11.8 Å². The fourth-order valence-corrected chi connectivity index (χ4v) is 3.77. The van der Waals surface area contributed by atoms with Crippen molar-refractivity contribution < 1.29 is 9.21 Å². The number of pyridine rings is 1. The smallest absolute Gasteiger partial charge is 0.263 e. The molecule has 1 N–H and O–H groups in total. The zero-order valence-electron chi connectivity index (χ0n) is 13.4. The van der Waals surface area contributed by atoms with Crippen molar-refractivity contribution in [3.8, 4) is 17.2 Å². The van der Waals surface area contributed by atoms with Gasteiger partial charge >= 0.3 is 0 Å². The highest BCUT2D eigenvalue weighted by Crippen LogP contribution is 2.33. The highest BCUT2D eigenvalue weighted by molar-refractivity contribution is 8.26. The number of amides is 1. The van der Waals surface area contributed by atoms with Crippen LogP contribution in [0, 0.1) is 11.3 Å². The van der Waals surface area contributed by atoms with Gasteiger partial charge in [0.25, 0.3) is 5.91 Å². The summed E-state index contributed by atoms with van der Waals surface area (Å²) in [6, 6.07) is 11.7. The van der Waals surface area contributed by atoms with E-state index >= 15 is 0 Å². The second kappa shape index (κ2) is 6.75. The molecule has 5 nitrogen and oxygen atoms in total. The molecule has 1 saturated heterocycles. The Hall–Kier alpha value is -2.95. The van der Waals surface area contributed by atoms with Gasteiger partial charge in [-0.05, 0) is 23.3 Å². The molecule has 3 aromatic rings. The topological polar surface area (TPSA) is 78.9 Å². The van der Waals surface area contributed by atoms with E-state index in [-0.39, 0.29) is 5.91 Å². The van der Waals surface area contributed by atoms with Crippen molar-refractivity contribution in [2.75, 3.05) is 0 Å². The molecule has 0 saturated carbocycles. The largest absolute Gasteiger partial charge is 0.456 e. The molecule has 0 aliphatic carbocycles. The maximum absolute atomic E-state index is 11.8. The van der Waals surface area contributed by atoms with Crippen LogP contribution < -0.4 is 5.32 Å². The number of rotatable bonds is 3. The number of nitriles is 1. The van der Waals surface area contributed by atoms with Gasteiger partial charge in [-0.2, -0.15) is 5.26 Å². The Morgan fingerprint density at radius 2 is 2.23 bits per heavy atom. The lowest BCUT2D eigenvalue weighted by Gasteiger charge is -2.03. The van der Waals surface area contributed by atoms with E-state index in [0.717, 1.165) is 22.1 Å². The number of carbonyl (C=O) groups excluding carboxylic acids is 1. The lowest BCUT2D eigenvalue weighted by atomic mass is 10.0. The molecule has 0 radical (unpaired) electrons. The van der Waals surface area contributed by atoms with E-state index in [1.54, 1.807) is 18.5 Å². The third-order valence-electron chi connectivity index (χ3n) is 3.88. The van der Waals surface area contributed by atoms with Crippen LogP contribution in [-0.2, 0) is 11.2 Å². The zero-order chi connectivity index (χ0) is 18.1. The Bertz CT molecular complexity index is 1130. The summed E-state index contributed by atoms with van der Waals surface area (Å²) in [6.07, 6.45) is 5.48. The molecule has 1 aliphatic rings. The molecule has 0 atom stereocenters.